The zero-order valence-electron chi connectivity index (χ0n) is 19.6. The molecule has 1 aliphatic heterocycles. The van der Waals surface area contributed by atoms with E-state index in [4.69, 9.17) is 9.47 Å². The second-order valence-electron chi connectivity index (χ2n) is 8.56. The van der Waals surface area contributed by atoms with Gasteiger partial charge < -0.3 is 14.6 Å². The quantitative estimate of drug-likeness (QED) is 0.403. The largest absolute Gasteiger partial charge is 0.416 e. The average Bonchev–Trinajstić information content (AvgIpc) is 3.36. The van der Waals surface area contributed by atoms with Crippen LogP contribution in [-0.4, -0.2) is 49.9 Å². The van der Waals surface area contributed by atoms with Gasteiger partial charge in [0.1, 0.15) is 29.9 Å². The van der Waals surface area contributed by atoms with Gasteiger partial charge in [-0.05, 0) is 29.8 Å². The second kappa shape index (κ2) is 11.3. The maximum Gasteiger partial charge on any atom is 0.416 e. The highest BCUT2D eigenvalue weighted by atomic mass is 32.2. The predicted molar refractivity (Wildman–Crippen MR) is 127 cm³/mol. The normalized spacial score (nSPS) is 21.2. The van der Waals surface area contributed by atoms with E-state index in [2.05, 4.69) is 10.1 Å². The summed E-state index contributed by atoms with van der Waals surface area (Å²) in [4.78, 5) is 3.86. The first-order valence-corrected chi connectivity index (χ1v) is 12.2. The smallest absolute Gasteiger partial charge is 0.382 e. The number of halogens is 5. The minimum Gasteiger partial charge on any atom is -0.382 e. The van der Waals surface area contributed by atoms with E-state index in [0.717, 1.165) is 24.3 Å². The number of aromatic nitrogens is 3. The Hall–Kier alpha value is -2.80. The number of benzene rings is 2. The third kappa shape index (κ3) is 6.75. The zero-order chi connectivity index (χ0) is 26.6. The van der Waals surface area contributed by atoms with Gasteiger partial charge in [0.15, 0.2) is 6.29 Å². The number of alkyl halides is 3. The van der Waals surface area contributed by atoms with E-state index in [9.17, 15) is 27.1 Å². The molecule has 0 unspecified atom stereocenters. The maximum atomic E-state index is 14.7. The highest BCUT2D eigenvalue weighted by Gasteiger charge is 2.41. The molecule has 0 bridgehead atoms. The molecular weight excluding hydrogens is 517 g/mol. The van der Waals surface area contributed by atoms with Crippen LogP contribution in [0.4, 0.5) is 22.0 Å². The summed E-state index contributed by atoms with van der Waals surface area (Å²) in [5.74, 6) is -1.63. The number of hydrogen-bond donors (Lipinski definition) is 1. The number of ether oxygens (including phenoxy) is 2. The van der Waals surface area contributed by atoms with Gasteiger partial charge in [-0.15, -0.1) is 11.8 Å². The molecule has 1 fully saturated rings. The van der Waals surface area contributed by atoms with Gasteiger partial charge in [0.2, 0.25) is 0 Å². The lowest BCUT2D eigenvalue weighted by atomic mass is 9.90. The zero-order valence-corrected chi connectivity index (χ0v) is 20.4. The molecule has 2 aromatic carbocycles. The van der Waals surface area contributed by atoms with Crippen LogP contribution in [0, 0.1) is 11.6 Å². The summed E-state index contributed by atoms with van der Waals surface area (Å²) in [6.07, 6.45) is 0.797. The summed E-state index contributed by atoms with van der Waals surface area (Å²) < 4.78 is 79.1. The summed E-state index contributed by atoms with van der Waals surface area (Å²) >= 11 is 1.32. The van der Waals surface area contributed by atoms with Crippen molar-refractivity contribution in [3.8, 4) is 0 Å². The first kappa shape index (κ1) is 27.2. The van der Waals surface area contributed by atoms with Crippen LogP contribution in [-0.2, 0) is 27.8 Å². The van der Waals surface area contributed by atoms with Gasteiger partial charge >= 0.3 is 6.18 Å². The fourth-order valence-corrected chi connectivity index (χ4v) is 5.22. The third-order valence-corrected chi connectivity index (χ3v) is 7.37. The molecule has 3 aromatic rings. The molecular formula is C25H24F5N3O3S. The SMILES string of the molecule is C[C@@H](SC1COC(C=Cc2ccc(C(F)(F)F)cc2)OC1)[C@](O)(Cn1cncn1)c1ccc(F)cc1F. The summed E-state index contributed by atoms with van der Waals surface area (Å²) in [6, 6.07) is 7.73. The molecule has 0 aliphatic carbocycles. The molecule has 6 nitrogen and oxygen atoms in total. The van der Waals surface area contributed by atoms with Crippen LogP contribution in [0.15, 0.2) is 61.2 Å². The van der Waals surface area contributed by atoms with E-state index in [0.29, 0.717) is 5.56 Å². The molecule has 12 heteroatoms. The molecule has 2 atom stereocenters. The lowest BCUT2D eigenvalue weighted by Crippen LogP contribution is -2.43. The number of hydrogen-bond acceptors (Lipinski definition) is 6. The van der Waals surface area contributed by atoms with Crippen molar-refractivity contribution in [3.63, 3.8) is 0 Å². The van der Waals surface area contributed by atoms with Gasteiger partial charge in [-0.25, -0.2) is 18.4 Å². The number of rotatable bonds is 8. The van der Waals surface area contributed by atoms with Crippen LogP contribution in [0.1, 0.15) is 23.6 Å². The van der Waals surface area contributed by atoms with Gasteiger partial charge in [0, 0.05) is 16.9 Å². The van der Waals surface area contributed by atoms with Gasteiger partial charge in [0.05, 0.1) is 30.6 Å². The molecule has 4 rings (SSSR count). The molecule has 1 aliphatic rings. The first-order chi connectivity index (χ1) is 17.5. The maximum absolute atomic E-state index is 14.7. The number of nitrogens with zero attached hydrogens (tertiary/aromatic N) is 3. The van der Waals surface area contributed by atoms with E-state index in [1.807, 2.05) is 0 Å². The standard InChI is InChI=1S/C25H24F5N3O3S/c1-16(24(34,13-33-15-31-14-32-33)21-8-7-19(26)10-22(21)27)37-20-11-35-23(36-12-20)9-4-17-2-5-18(6-3-17)25(28,29)30/h2-10,14-16,20,23,34H,11-13H2,1H3/t16-,20?,23?,24-/m1/s1. The van der Waals surface area contributed by atoms with Crippen molar-refractivity contribution in [1.82, 2.24) is 14.8 Å². The van der Waals surface area contributed by atoms with E-state index >= 15 is 0 Å². The third-order valence-electron chi connectivity index (χ3n) is 5.91. The summed E-state index contributed by atoms with van der Waals surface area (Å²) in [5, 5.41) is 14.8. The molecule has 0 amide bonds. The Kier molecular flexibility index (Phi) is 8.32. The Labute approximate surface area is 214 Å². The van der Waals surface area contributed by atoms with Gasteiger partial charge in [-0.2, -0.15) is 18.3 Å². The summed E-state index contributed by atoms with van der Waals surface area (Å²) in [5.41, 5.74) is -1.99. The molecule has 2 heterocycles. The van der Waals surface area contributed by atoms with Crippen molar-refractivity contribution in [3.05, 3.63) is 89.5 Å². The van der Waals surface area contributed by atoms with Crippen LogP contribution in [0.2, 0.25) is 0 Å². The highest BCUT2D eigenvalue weighted by Crippen LogP contribution is 2.38. The lowest BCUT2D eigenvalue weighted by molar-refractivity contribution is -0.146. The van der Waals surface area contributed by atoms with Crippen LogP contribution in [0.5, 0.6) is 0 Å². The van der Waals surface area contributed by atoms with E-state index in [1.165, 1.54) is 47.3 Å². The minimum absolute atomic E-state index is 0.0700. The Bertz CT molecular complexity index is 1200. The van der Waals surface area contributed by atoms with Crippen LogP contribution in [0.3, 0.4) is 0 Å². The summed E-state index contributed by atoms with van der Waals surface area (Å²) in [7, 11) is 0. The van der Waals surface area contributed by atoms with Gasteiger partial charge in [-0.3, -0.25) is 0 Å². The summed E-state index contributed by atoms with van der Waals surface area (Å²) in [6.45, 7) is 2.11. The van der Waals surface area contributed by atoms with Gasteiger partial charge in [-0.1, -0.05) is 31.2 Å². The fourth-order valence-electron chi connectivity index (χ4n) is 3.90. The molecule has 0 radical (unpaired) electrons. The number of thioether (sulfide) groups is 1. The van der Waals surface area contributed by atoms with E-state index < -0.39 is 40.5 Å². The Morgan fingerprint density at radius 1 is 1.14 bits per heavy atom. The van der Waals surface area contributed by atoms with Crippen LogP contribution in [0.25, 0.3) is 6.08 Å². The van der Waals surface area contributed by atoms with Crippen molar-refractivity contribution in [2.75, 3.05) is 13.2 Å². The van der Waals surface area contributed by atoms with Crippen molar-refractivity contribution in [2.45, 2.75) is 42.0 Å². The lowest BCUT2D eigenvalue weighted by Gasteiger charge is -2.37. The Morgan fingerprint density at radius 2 is 1.84 bits per heavy atom. The van der Waals surface area contributed by atoms with Crippen LogP contribution >= 0.6 is 11.8 Å². The molecule has 0 spiro atoms. The number of aliphatic hydroxyl groups is 1. The second-order valence-corrected chi connectivity index (χ2v) is 10.2. The van der Waals surface area contributed by atoms with E-state index in [-0.39, 0.29) is 30.6 Å². The predicted octanol–water partition coefficient (Wildman–Crippen LogP) is 5.04. The molecule has 1 N–H and O–H groups in total. The molecule has 1 saturated heterocycles. The fraction of sp³-hybridized carbons (Fsp3) is 0.360. The first-order valence-electron chi connectivity index (χ1n) is 11.3. The molecule has 37 heavy (non-hydrogen) atoms. The molecule has 0 saturated carbocycles. The average molecular weight is 542 g/mol. The Balaban J connectivity index is 1.38. The van der Waals surface area contributed by atoms with Crippen molar-refractivity contribution >= 4 is 17.8 Å². The van der Waals surface area contributed by atoms with E-state index in [1.54, 1.807) is 19.1 Å². The minimum atomic E-state index is -4.40. The van der Waals surface area contributed by atoms with Crippen molar-refractivity contribution in [1.29, 1.82) is 0 Å². The molecule has 1 aromatic heterocycles. The van der Waals surface area contributed by atoms with Gasteiger partial charge in [0.25, 0.3) is 0 Å². The Morgan fingerprint density at radius 3 is 2.43 bits per heavy atom. The van der Waals surface area contributed by atoms with Crippen molar-refractivity contribution < 1.29 is 36.5 Å². The topological polar surface area (TPSA) is 69.4 Å². The van der Waals surface area contributed by atoms with Crippen molar-refractivity contribution in [2.24, 2.45) is 0 Å². The van der Waals surface area contributed by atoms with Crippen LogP contribution < -0.4 is 0 Å². The highest BCUT2D eigenvalue weighted by molar-refractivity contribution is 8.00. The monoisotopic (exact) mass is 541 g/mol. The molecule has 198 valence electrons.